The Labute approximate surface area is 79.3 Å². The standard InChI is InChI=1S/C8H13N3/c1-3-6(2)7-4-5-8(9)11-10-7/h4-6H,3H2,1-2H3,(H2,9,11)/i1D3,2D3,3D2,6D. The van der Waals surface area contributed by atoms with Crippen molar-refractivity contribution in [1.82, 2.24) is 10.2 Å². The van der Waals surface area contributed by atoms with Gasteiger partial charge in [0.15, 0.2) is 0 Å². The Morgan fingerprint density at radius 1 is 1.82 bits per heavy atom. The summed E-state index contributed by atoms with van der Waals surface area (Å²) < 4.78 is 66.9. The molecule has 2 N–H and O–H groups in total. The van der Waals surface area contributed by atoms with Crippen LogP contribution in [0, 0.1) is 0 Å². The number of hydrogen-bond acceptors (Lipinski definition) is 3. The van der Waals surface area contributed by atoms with Crippen molar-refractivity contribution in [2.75, 3.05) is 5.73 Å². The second-order valence-electron chi connectivity index (χ2n) is 1.84. The van der Waals surface area contributed by atoms with Gasteiger partial charge < -0.3 is 5.73 Å². The molecule has 1 rings (SSSR count). The van der Waals surface area contributed by atoms with Gasteiger partial charge in [0.1, 0.15) is 5.82 Å². The molecular formula is C8H13N3. The third-order valence-corrected chi connectivity index (χ3v) is 1.07. The fraction of sp³-hybridized carbons (Fsp3) is 0.500. The Bertz CT molecular complexity index is 477. The van der Waals surface area contributed by atoms with Gasteiger partial charge in [-0.15, -0.1) is 5.10 Å². The van der Waals surface area contributed by atoms with Gasteiger partial charge >= 0.3 is 0 Å². The highest BCUT2D eigenvalue weighted by atomic mass is 15.1. The number of anilines is 1. The van der Waals surface area contributed by atoms with E-state index in [0.717, 1.165) is 12.1 Å². The smallest absolute Gasteiger partial charge is 0.146 e. The van der Waals surface area contributed by atoms with Crippen molar-refractivity contribution < 1.29 is 12.3 Å². The van der Waals surface area contributed by atoms with Crippen molar-refractivity contribution in [1.29, 1.82) is 0 Å². The molecule has 11 heavy (non-hydrogen) atoms. The zero-order valence-electron chi connectivity index (χ0n) is 14.6. The first-order chi connectivity index (χ1) is 8.75. The zero-order chi connectivity index (χ0) is 16.0. The summed E-state index contributed by atoms with van der Waals surface area (Å²) in [6.07, 6.45) is -3.37. The third-order valence-electron chi connectivity index (χ3n) is 1.07. The molecule has 0 aliphatic rings. The fourth-order valence-corrected chi connectivity index (χ4v) is 0.540. The van der Waals surface area contributed by atoms with Crippen LogP contribution in [0.15, 0.2) is 12.1 Å². The minimum atomic E-state index is -3.37. The molecule has 1 aromatic rings. The summed E-state index contributed by atoms with van der Waals surface area (Å²) in [5.41, 5.74) is 4.68. The van der Waals surface area contributed by atoms with Gasteiger partial charge in [-0.3, -0.25) is 0 Å². The van der Waals surface area contributed by atoms with Crippen LogP contribution in [0.25, 0.3) is 0 Å². The maximum absolute atomic E-state index is 8.00. The van der Waals surface area contributed by atoms with Gasteiger partial charge in [-0.2, -0.15) is 5.10 Å². The summed E-state index contributed by atoms with van der Waals surface area (Å²) in [5, 5.41) is 6.75. The van der Waals surface area contributed by atoms with Crippen LogP contribution >= 0.6 is 0 Å². The molecular weight excluding hydrogens is 138 g/mol. The predicted molar refractivity (Wildman–Crippen MR) is 45.2 cm³/mol. The lowest BCUT2D eigenvalue weighted by atomic mass is 10.1. The van der Waals surface area contributed by atoms with Gasteiger partial charge in [0.25, 0.3) is 0 Å². The number of nitrogens with two attached hydrogens (primary N) is 1. The fourth-order valence-electron chi connectivity index (χ4n) is 0.540. The number of hydrogen-bond donors (Lipinski definition) is 1. The van der Waals surface area contributed by atoms with Crippen LogP contribution in [-0.4, -0.2) is 10.2 Å². The zero-order valence-corrected chi connectivity index (χ0v) is 5.63. The minimum Gasteiger partial charge on any atom is -0.382 e. The molecule has 3 heteroatoms. The van der Waals surface area contributed by atoms with E-state index < -0.39 is 31.7 Å². The van der Waals surface area contributed by atoms with Crippen molar-refractivity contribution >= 4 is 5.82 Å². The van der Waals surface area contributed by atoms with Crippen LogP contribution in [0.1, 0.15) is 44.0 Å². The van der Waals surface area contributed by atoms with E-state index in [1.165, 1.54) is 0 Å². The molecule has 0 bridgehead atoms. The van der Waals surface area contributed by atoms with Gasteiger partial charge in [0.2, 0.25) is 0 Å². The number of rotatable bonds is 2. The molecule has 1 unspecified atom stereocenters. The van der Waals surface area contributed by atoms with E-state index in [0.29, 0.717) is 0 Å². The molecule has 0 radical (unpaired) electrons. The molecule has 1 aromatic heterocycles. The molecule has 1 atom stereocenters. The van der Waals surface area contributed by atoms with E-state index >= 15 is 0 Å². The highest BCUT2D eigenvalue weighted by Crippen LogP contribution is 2.14. The van der Waals surface area contributed by atoms with Gasteiger partial charge in [0, 0.05) is 12.3 Å². The lowest BCUT2D eigenvalue weighted by Gasteiger charge is -2.05. The second kappa shape index (κ2) is 3.32. The Morgan fingerprint density at radius 2 is 2.73 bits per heavy atom. The summed E-state index contributed by atoms with van der Waals surface area (Å²) in [7, 11) is 0. The first kappa shape index (κ1) is 2.19. The maximum Gasteiger partial charge on any atom is 0.146 e. The molecule has 0 saturated heterocycles. The van der Waals surface area contributed by atoms with Crippen LogP contribution in [0.5, 0.6) is 0 Å². The van der Waals surface area contributed by atoms with Crippen molar-refractivity contribution in [2.45, 2.75) is 26.0 Å². The molecule has 3 nitrogen and oxygen atoms in total. The molecule has 0 aromatic carbocycles. The molecule has 1 heterocycles. The minimum absolute atomic E-state index is 0.0592. The maximum atomic E-state index is 8.00. The topological polar surface area (TPSA) is 51.8 Å². The van der Waals surface area contributed by atoms with Crippen molar-refractivity contribution in [3.8, 4) is 0 Å². The highest BCUT2D eigenvalue weighted by Gasteiger charge is 2.03. The Hall–Kier alpha value is -1.12. The van der Waals surface area contributed by atoms with Gasteiger partial charge in [-0.05, 0) is 24.4 Å². The van der Waals surface area contributed by atoms with Gasteiger partial charge in [-0.25, -0.2) is 0 Å². The van der Waals surface area contributed by atoms with E-state index in [-0.39, 0.29) is 5.82 Å². The largest absolute Gasteiger partial charge is 0.382 e. The first-order valence-corrected chi connectivity index (χ1v) is 2.85. The van der Waals surface area contributed by atoms with Crippen LogP contribution in [0.2, 0.25) is 0 Å². The average Bonchev–Trinajstić information content (AvgIpc) is 2.25. The Kier molecular flexibility index (Phi) is 0.660. The van der Waals surface area contributed by atoms with Gasteiger partial charge in [0.05, 0.1) is 5.69 Å². The Balaban J connectivity index is 3.58. The summed E-state index contributed by atoms with van der Waals surface area (Å²) in [6, 6.07) is 2.12. The van der Waals surface area contributed by atoms with E-state index in [1.54, 1.807) is 0 Å². The van der Waals surface area contributed by atoms with E-state index in [4.69, 9.17) is 18.1 Å². The highest BCUT2D eigenvalue weighted by molar-refractivity contribution is 5.26. The molecule has 0 aliphatic carbocycles. The van der Waals surface area contributed by atoms with E-state index in [9.17, 15) is 0 Å². The normalized spacial score (nSPS) is 31.5. The molecule has 0 fully saturated rings. The van der Waals surface area contributed by atoms with Crippen LogP contribution < -0.4 is 5.73 Å². The summed E-state index contributed by atoms with van der Waals surface area (Å²) in [6.45, 7) is -6.60. The van der Waals surface area contributed by atoms with E-state index in [2.05, 4.69) is 10.2 Å². The van der Waals surface area contributed by atoms with Crippen LogP contribution in [0.4, 0.5) is 5.82 Å². The summed E-state index contributed by atoms with van der Waals surface area (Å²) in [5.74, 6) is -3.16. The summed E-state index contributed by atoms with van der Waals surface area (Å²) >= 11 is 0. The van der Waals surface area contributed by atoms with Crippen molar-refractivity contribution in [2.24, 2.45) is 0 Å². The molecule has 0 aliphatic heterocycles. The van der Waals surface area contributed by atoms with Crippen molar-refractivity contribution in [3.63, 3.8) is 0 Å². The van der Waals surface area contributed by atoms with Crippen LogP contribution in [-0.2, 0) is 0 Å². The Morgan fingerprint density at radius 3 is 3.27 bits per heavy atom. The quantitative estimate of drug-likeness (QED) is 0.714. The predicted octanol–water partition coefficient (Wildman–Crippen LogP) is 1.57. The number of aromatic nitrogens is 2. The number of nitrogens with zero attached hydrogens (tertiary/aromatic N) is 2. The monoisotopic (exact) mass is 160 g/mol. The lowest BCUT2D eigenvalue weighted by molar-refractivity contribution is 0.692. The van der Waals surface area contributed by atoms with E-state index in [1.807, 2.05) is 0 Å². The SMILES string of the molecule is [2H]C([2H])([2H])C([2H])([2H])C([2H])(c1ccc(N)nn1)C([2H])([2H])[2H]. The third kappa shape index (κ3) is 1.90. The molecule has 0 spiro atoms. The average molecular weight is 160 g/mol. The molecule has 60 valence electrons. The van der Waals surface area contributed by atoms with Crippen molar-refractivity contribution in [3.05, 3.63) is 17.8 Å². The first-order valence-electron chi connectivity index (χ1n) is 7.35. The molecule has 0 amide bonds. The molecule has 0 saturated carbocycles. The second-order valence-corrected chi connectivity index (χ2v) is 1.84. The summed E-state index contributed by atoms with van der Waals surface area (Å²) in [4.78, 5) is 0. The number of nitrogen functional groups attached to an aromatic ring is 1. The van der Waals surface area contributed by atoms with Crippen LogP contribution in [0.3, 0.4) is 0 Å². The lowest BCUT2D eigenvalue weighted by Crippen LogP contribution is -1.99. The van der Waals surface area contributed by atoms with Gasteiger partial charge in [-0.1, -0.05) is 13.7 Å².